The van der Waals surface area contributed by atoms with Gasteiger partial charge in [-0.2, -0.15) is 5.26 Å². The Balaban J connectivity index is 2.75. The van der Waals surface area contributed by atoms with Gasteiger partial charge in [-0.3, -0.25) is 4.98 Å². The Hall–Kier alpha value is -1.59. The highest BCUT2D eigenvalue weighted by Gasteiger charge is 2.05. The van der Waals surface area contributed by atoms with Crippen molar-refractivity contribution >= 4 is 22.5 Å². The van der Waals surface area contributed by atoms with Gasteiger partial charge in [0.25, 0.3) is 0 Å². The van der Waals surface area contributed by atoms with Crippen molar-refractivity contribution in [1.29, 1.82) is 5.26 Å². The zero-order valence-corrected chi connectivity index (χ0v) is 9.04. The summed E-state index contributed by atoms with van der Waals surface area (Å²) in [5, 5.41) is 10.3. The number of benzene rings is 1. The predicted octanol–water partition coefficient (Wildman–Crippen LogP) is 3.26. The van der Waals surface area contributed by atoms with Gasteiger partial charge in [0.05, 0.1) is 28.7 Å². The van der Waals surface area contributed by atoms with Gasteiger partial charge in [-0.05, 0) is 24.6 Å². The molecule has 0 saturated heterocycles. The molecule has 0 fully saturated rings. The molecule has 0 unspecified atom stereocenters. The topological polar surface area (TPSA) is 36.7 Å². The van der Waals surface area contributed by atoms with E-state index in [0.717, 1.165) is 22.2 Å². The predicted molar refractivity (Wildman–Crippen MR) is 60.8 cm³/mol. The average Bonchev–Trinajstić information content (AvgIpc) is 2.20. The van der Waals surface area contributed by atoms with Gasteiger partial charge in [-0.1, -0.05) is 23.7 Å². The van der Waals surface area contributed by atoms with Crippen LogP contribution in [0.5, 0.6) is 0 Å². The molecular weight excluding hydrogens is 208 g/mol. The van der Waals surface area contributed by atoms with Crippen molar-refractivity contribution in [2.24, 2.45) is 0 Å². The first-order chi connectivity index (χ1) is 7.22. The van der Waals surface area contributed by atoms with E-state index in [0.29, 0.717) is 11.4 Å². The molecule has 0 atom stereocenters. The van der Waals surface area contributed by atoms with E-state index in [1.54, 1.807) is 0 Å². The van der Waals surface area contributed by atoms with E-state index in [4.69, 9.17) is 16.9 Å². The molecule has 0 bridgehead atoms. The molecule has 74 valence electrons. The number of para-hydroxylation sites is 1. The Morgan fingerprint density at radius 3 is 3.00 bits per heavy atom. The molecule has 2 aromatic rings. The van der Waals surface area contributed by atoms with Crippen molar-refractivity contribution in [3.8, 4) is 6.07 Å². The van der Waals surface area contributed by atoms with Crippen LogP contribution in [0.3, 0.4) is 0 Å². The van der Waals surface area contributed by atoms with E-state index in [1.165, 1.54) is 0 Å². The number of aromatic nitrogens is 1. The molecule has 0 saturated carbocycles. The summed E-state index contributed by atoms with van der Waals surface area (Å²) in [5.74, 6) is 0. The highest BCUT2D eigenvalue weighted by atomic mass is 35.5. The number of fused-ring (bicyclic) bond motifs is 1. The minimum atomic E-state index is 0.321. The number of pyridine rings is 1. The molecule has 0 N–H and O–H groups in total. The Morgan fingerprint density at radius 1 is 1.47 bits per heavy atom. The number of hydrogen-bond donors (Lipinski definition) is 0. The Bertz CT molecular complexity index is 555. The molecule has 2 nitrogen and oxygen atoms in total. The molecule has 1 aromatic carbocycles. The maximum absolute atomic E-state index is 8.63. The van der Waals surface area contributed by atoms with Crippen LogP contribution in [0.1, 0.15) is 11.3 Å². The van der Waals surface area contributed by atoms with Crippen LogP contribution in [0.4, 0.5) is 0 Å². The van der Waals surface area contributed by atoms with Crippen LogP contribution in [0, 0.1) is 18.3 Å². The molecule has 1 heterocycles. The lowest BCUT2D eigenvalue weighted by Gasteiger charge is -2.05. The first-order valence-electron chi connectivity index (χ1n) is 4.64. The van der Waals surface area contributed by atoms with Gasteiger partial charge in [-0.15, -0.1) is 0 Å². The van der Waals surface area contributed by atoms with Gasteiger partial charge in [0.15, 0.2) is 0 Å². The normalized spacial score (nSPS) is 10.2. The molecule has 0 aliphatic rings. The van der Waals surface area contributed by atoms with E-state index < -0.39 is 0 Å². The number of nitrogens with zero attached hydrogens (tertiary/aromatic N) is 2. The summed E-state index contributed by atoms with van der Waals surface area (Å²) in [7, 11) is 0. The Kier molecular flexibility index (Phi) is 2.57. The van der Waals surface area contributed by atoms with Crippen molar-refractivity contribution in [2.45, 2.75) is 13.3 Å². The van der Waals surface area contributed by atoms with Crippen LogP contribution >= 0.6 is 11.6 Å². The summed E-state index contributed by atoms with van der Waals surface area (Å²) in [6.45, 7) is 2.00. The molecule has 0 radical (unpaired) electrons. The van der Waals surface area contributed by atoms with Gasteiger partial charge < -0.3 is 0 Å². The van der Waals surface area contributed by atoms with Gasteiger partial charge in [0.2, 0.25) is 0 Å². The minimum Gasteiger partial charge on any atom is -0.250 e. The second kappa shape index (κ2) is 3.88. The summed E-state index contributed by atoms with van der Waals surface area (Å²) in [6, 6.07) is 9.73. The van der Waals surface area contributed by atoms with Crippen molar-refractivity contribution in [1.82, 2.24) is 4.98 Å². The van der Waals surface area contributed by atoms with E-state index >= 15 is 0 Å². The molecule has 0 aliphatic heterocycles. The molecular formula is C12H9ClN2. The van der Waals surface area contributed by atoms with Gasteiger partial charge >= 0.3 is 0 Å². The molecule has 15 heavy (non-hydrogen) atoms. The third-order valence-corrected chi connectivity index (χ3v) is 2.62. The van der Waals surface area contributed by atoms with Gasteiger partial charge in [0, 0.05) is 5.39 Å². The van der Waals surface area contributed by atoms with E-state index in [-0.39, 0.29) is 0 Å². The number of nitriles is 1. The first-order valence-corrected chi connectivity index (χ1v) is 5.02. The average molecular weight is 217 g/mol. The largest absolute Gasteiger partial charge is 0.250 e. The highest BCUT2D eigenvalue weighted by molar-refractivity contribution is 6.35. The summed E-state index contributed by atoms with van der Waals surface area (Å²) < 4.78 is 0. The smallest absolute Gasteiger partial charge is 0.0894 e. The molecule has 0 aliphatic carbocycles. The first kappa shape index (κ1) is 9.95. The van der Waals surface area contributed by atoms with Crippen LogP contribution in [0.25, 0.3) is 10.9 Å². The summed E-state index contributed by atoms with van der Waals surface area (Å²) in [4.78, 5) is 4.37. The van der Waals surface area contributed by atoms with E-state index in [1.807, 2.05) is 31.2 Å². The third kappa shape index (κ3) is 1.79. The SMILES string of the molecule is Cc1cc(CC#N)nc2c(Cl)cccc12. The fraction of sp³-hybridized carbons (Fsp3) is 0.167. The maximum Gasteiger partial charge on any atom is 0.0894 e. The zero-order chi connectivity index (χ0) is 10.8. The number of aryl methyl sites for hydroxylation is 1. The van der Waals surface area contributed by atoms with Crippen molar-refractivity contribution in [2.75, 3.05) is 0 Å². The number of rotatable bonds is 1. The molecule has 2 rings (SSSR count). The van der Waals surface area contributed by atoms with Crippen molar-refractivity contribution in [3.63, 3.8) is 0 Å². The number of halogens is 1. The van der Waals surface area contributed by atoms with E-state index in [2.05, 4.69) is 11.1 Å². The molecule has 0 amide bonds. The Morgan fingerprint density at radius 2 is 2.27 bits per heavy atom. The lowest BCUT2D eigenvalue weighted by Crippen LogP contribution is -1.92. The van der Waals surface area contributed by atoms with Crippen molar-refractivity contribution in [3.05, 3.63) is 40.5 Å². The quantitative estimate of drug-likeness (QED) is 0.734. The fourth-order valence-electron chi connectivity index (χ4n) is 1.62. The monoisotopic (exact) mass is 216 g/mol. The van der Waals surface area contributed by atoms with Crippen LogP contribution < -0.4 is 0 Å². The second-order valence-electron chi connectivity index (χ2n) is 3.40. The van der Waals surface area contributed by atoms with Gasteiger partial charge in [-0.25, -0.2) is 0 Å². The molecule has 1 aromatic heterocycles. The number of hydrogen-bond acceptors (Lipinski definition) is 2. The highest BCUT2D eigenvalue weighted by Crippen LogP contribution is 2.24. The van der Waals surface area contributed by atoms with Crippen LogP contribution in [0.15, 0.2) is 24.3 Å². The zero-order valence-electron chi connectivity index (χ0n) is 8.29. The Labute approximate surface area is 93.1 Å². The van der Waals surface area contributed by atoms with Gasteiger partial charge in [0.1, 0.15) is 0 Å². The summed E-state index contributed by atoms with van der Waals surface area (Å²) >= 11 is 6.06. The summed E-state index contributed by atoms with van der Waals surface area (Å²) in [5.41, 5.74) is 2.66. The van der Waals surface area contributed by atoms with Crippen LogP contribution in [-0.2, 0) is 6.42 Å². The van der Waals surface area contributed by atoms with Crippen molar-refractivity contribution < 1.29 is 0 Å². The standard InChI is InChI=1S/C12H9ClN2/c1-8-7-9(5-6-14)15-12-10(8)3-2-4-11(12)13/h2-4,7H,5H2,1H3. The molecule has 3 heteroatoms. The second-order valence-corrected chi connectivity index (χ2v) is 3.81. The maximum atomic E-state index is 8.63. The third-order valence-electron chi connectivity index (χ3n) is 2.31. The minimum absolute atomic E-state index is 0.321. The van der Waals surface area contributed by atoms with Crippen LogP contribution in [-0.4, -0.2) is 4.98 Å². The summed E-state index contributed by atoms with van der Waals surface area (Å²) in [6.07, 6.45) is 0.321. The molecule has 0 spiro atoms. The van der Waals surface area contributed by atoms with Crippen LogP contribution in [0.2, 0.25) is 5.02 Å². The van der Waals surface area contributed by atoms with E-state index in [9.17, 15) is 0 Å². The fourth-order valence-corrected chi connectivity index (χ4v) is 1.84. The lowest BCUT2D eigenvalue weighted by atomic mass is 10.1. The lowest BCUT2D eigenvalue weighted by molar-refractivity contribution is 1.14.